The summed E-state index contributed by atoms with van der Waals surface area (Å²) in [7, 11) is 0. The van der Waals surface area contributed by atoms with E-state index in [-0.39, 0.29) is 0 Å². The van der Waals surface area contributed by atoms with Crippen molar-refractivity contribution < 1.29 is 0 Å². The first kappa shape index (κ1) is 33.0. The molecule has 5 atom stereocenters. The molecule has 0 radical (unpaired) electrons. The van der Waals surface area contributed by atoms with E-state index < -0.39 is 0 Å². The van der Waals surface area contributed by atoms with Gasteiger partial charge >= 0.3 is 0 Å². The number of hydrogen-bond donors (Lipinski definition) is 0. The fraction of sp³-hybridized carbons (Fsp3) is 1.00. The molecule has 210 valence electrons. The van der Waals surface area contributed by atoms with Gasteiger partial charge in [0.15, 0.2) is 0 Å². The van der Waals surface area contributed by atoms with Gasteiger partial charge in [0.1, 0.15) is 0 Å². The molecule has 0 saturated heterocycles. The molecule has 0 aliphatic heterocycles. The van der Waals surface area contributed by atoms with Gasteiger partial charge in [-0.3, -0.25) is 0 Å². The summed E-state index contributed by atoms with van der Waals surface area (Å²) in [4.78, 5) is 0. The molecule has 0 aromatic carbocycles. The highest BCUT2D eigenvalue weighted by molar-refractivity contribution is 4.82. The molecule has 0 N–H and O–H groups in total. The molecule has 0 spiro atoms. The molecule has 0 amide bonds. The van der Waals surface area contributed by atoms with Gasteiger partial charge in [-0.05, 0) is 67.1 Å². The van der Waals surface area contributed by atoms with E-state index in [1.54, 1.807) is 6.42 Å². The summed E-state index contributed by atoms with van der Waals surface area (Å²) in [6.45, 7) is 17.4. The summed E-state index contributed by atoms with van der Waals surface area (Å²) in [5, 5.41) is 0. The molecular weight excluding hydrogens is 420 g/mol. The van der Waals surface area contributed by atoms with Crippen LogP contribution in [0.15, 0.2) is 0 Å². The van der Waals surface area contributed by atoms with Crippen LogP contribution in [0.3, 0.4) is 0 Å². The monoisotopic (exact) mass is 491 g/mol. The van der Waals surface area contributed by atoms with Gasteiger partial charge in [-0.2, -0.15) is 0 Å². The third-order valence-corrected chi connectivity index (χ3v) is 10.3. The molecule has 0 nitrogen and oxygen atoms in total. The third kappa shape index (κ3) is 15.1. The average Bonchev–Trinajstić information content (AvgIpc) is 2.86. The van der Waals surface area contributed by atoms with Gasteiger partial charge in [-0.25, -0.2) is 0 Å². The Balaban J connectivity index is 2.79. The summed E-state index contributed by atoms with van der Waals surface area (Å²) in [6, 6.07) is 0. The predicted molar refractivity (Wildman–Crippen MR) is 161 cm³/mol. The summed E-state index contributed by atoms with van der Waals surface area (Å²) in [5.41, 5.74) is 0. The Kier molecular flexibility index (Phi) is 19.8. The Hall–Kier alpha value is 0. The molecule has 0 aromatic rings. The zero-order valence-corrected chi connectivity index (χ0v) is 25.9. The van der Waals surface area contributed by atoms with E-state index in [2.05, 4.69) is 48.5 Å². The van der Waals surface area contributed by atoms with Crippen molar-refractivity contribution in [2.45, 2.75) is 183 Å². The van der Waals surface area contributed by atoms with Gasteiger partial charge in [-0.1, -0.05) is 158 Å². The van der Waals surface area contributed by atoms with Crippen LogP contribution in [-0.2, 0) is 0 Å². The zero-order valence-electron chi connectivity index (χ0n) is 25.9. The Morgan fingerprint density at radius 1 is 0.571 bits per heavy atom. The lowest BCUT2D eigenvalue weighted by atomic mass is 9.67. The van der Waals surface area contributed by atoms with Gasteiger partial charge in [0.05, 0.1) is 0 Å². The maximum absolute atomic E-state index is 2.65. The minimum absolute atomic E-state index is 0.912. The lowest BCUT2D eigenvalue weighted by molar-refractivity contribution is 0.119. The van der Waals surface area contributed by atoms with Crippen LogP contribution in [0.4, 0.5) is 0 Å². The van der Waals surface area contributed by atoms with Gasteiger partial charge in [-0.15, -0.1) is 0 Å². The first-order valence-electron chi connectivity index (χ1n) is 16.9. The summed E-state index contributed by atoms with van der Waals surface area (Å²) in [5.74, 6) is 6.70. The molecule has 1 rings (SSSR count). The highest BCUT2D eigenvalue weighted by Gasteiger charge is 2.32. The number of rotatable bonds is 22. The maximum Gasteiger partial charge on any atom is -0.0360 e. The highest BCUT2D eigenvalue weighted by Crippen LogP contribution is 2.43. The Labute approximate surface area is 224 Å². The molecule has 5 unspecified atom stereocenters. The smallest absolute Gasteiger partial charge is 0.0360 e. The molecule has 0 heterocycles. The van der Waals surface area contributed by atoms with E-state index >= 15 is 0 Å². The second kappa shape index (κ2) is 21.0. The Bertz CT molecular complexity index is 445. The van der Waals surface area contributed by atoms with E-state index in [0.29, 0.717) is 0 Å². The van der Waals surface area contributed by atoms with Crippen LogP contribution in [0.1, 0.15) is 183 Å². The Morgan fingerprint density at radius 3 is 1.54 bits per heavy atom. The molecular formula is C35H70. The van der Waals surface area contributed by atoms with E-state index in [0.717, 1.165) is 41.4 Å². The van der Waals surface area contributed by atoms with E-state index in [4.69, 9.17) is 0 Å². The number of unbranched alkanes of at least 4 members (excludes halogenated alkanes) is 9. The fourth-order valence-electron chi connectivity index (χ4n) is 7.13. The SMILES string of the molecule is CCCCCCCCC(C)C(CC(CCC(C)CC)C1CCC(C)CC1)C(C)CCCCCCC. The lowest BCUT2D eigenvalue weighted by Crippen LogP contribution is -2.29. The van der Waals surface area contributed by atoms with Gasteiger partial charge < -0.3 is 0 Å². The normalized spacial score (nSPS) is 23.1. The van der Waals surface area contributed by atoms with Crippen LogP contribution < -0.4 is 0 Å². The topological polar surface area (TPSA) is 0 Å². The van der Waals surface area contributed by atoms with Crippen molar-refractivity contribution in [2.24, 2.45) is 41.4 Å². The van der Waals surface area contributed by atoms with Crippen molar-refractivity contribution in [3.63, 3.8) is 0 Å². The minimum Gasteiger partial charge on any atom is -0.0654 e. The van der Waals surface area contributed by atoms with Crippen molar-refractivity contribution in [3.05, 3.63) is 0 Å². The van der Waals surface area contributed by atoms with Crippen LogP contribution in [-0.4, -0.2) is 0 Å². The summed E-state index contributed by atoms with van der Waals surface area (Å²) in [6.07, 6.45) is 30.8. The van der Waals surface area contributed by atoms with Crippen molar-refractivity contribution in [1.82, 2.24) is 0 Å². The van der Waals surface area contributed by atoms with E-state index in [1.165, 1.54) is 128 Å². The quantitative estimate of drug-likeness (QED) is 0.132. The minimum atomic E-state index is 0.912. The zero-order chi connectivity index (χ0) is 25.9. The standard InChI is InChI=1S/C35H70/c1-8-11-13-15-17-19-21-32(7)35(31(6)20-18-16-14-12-9-2)28-34(27-22-29(4)10-3)33-25-23-30(5)24-26-33/h29-35H,8-28H2,1-7H3. The van der Waals surface area contributed by atoms with Crippen LogP contribution in [0.5, 0.6) is 0 Å². The second-order valence-corrected chi connectivity index (χ2v) is 13.5. The first-order valence-corrected chi connectivity index (χ1v) is 16.9. The molecule has 1 aliphatic carbocycles. The van der Waals surface area contributed by atoms with Crippen molar-refractivity contribution >= 4 is 0 Å². The van der Waals surface area contributed by atoms with Gasteiger partial charge in [0.2, 0.25) is 0 Å². The molecule has 0 bridgehead atoms. The summed E-state index contributed by atoms with van der Waals surface area (Å²) >= 11 is 0. The highest BCUT2D eigenvalue weighted by atomic mass is 14.4. The van der Waals surface area contributed by atoms with Gasteiger partial charge in [0.25, 0.3) is 0 Å². The predicted octanol–water partition coefficient (Wildman–Crippen LogP) is 12.6. The first-order chi connectivity index (χ1) is 16.9. The van der Waals surface area contributed by atoms with Crippen LogP contribution in [0, 0.1) is 41.4 Å². The molecule has 0 heteroatoms. The van der Waals surface area contributed by atoms with Gasteiger partial charge in [0, 0.05) is 0 Å². The fourth-order valence-corrected chi connectivity index (χ4v) is 7.13. The maximum atomic E-state index is 2.65. The average molecular weight is 491 g/mol. The molecule has 1 fully saturated rings. The van der Waals surface area contributed by atoms with Crippen molar-refractivity contribution in [3.8, 4) is 0 Å². The van der Waals surface area contributed by atoms with Crippen LogP contribution in [0.2, 0.25) is 0 Å². The van der Waals surface area contributed by atoms with Crippen LogP contribution in [0.25, 0.3) is 0 Å². The van der Waals surface area contributed by atoms with Crippen LogP contribution >= 0.6 is 0 Å². The molecule has 1 aliphatic rings. The summed E-state index contributed by atoms with van der Waals surface area (Å²) < 4.78 is 0. The molecule has 0 aromatic heterocycles. The third-order valence-electron chi connectivity index (χ3n) is 10.3. The largest absolute Gasteiger partial charge is 0.0654 e. The Morgan fingerprint density at radius 2 is 1.06 bits per heavy atom. The molecule has 35 heavy (non-hydrogen) atoms. The number of hydrogen-bond acceptors (Lipinski definition) is 0. The lowest BCUT2D eigenvalue weighted by Gasteiger charge is -2.39. The second-order valence-electron chi connectivity index (χ2n) is 13.5. The molecule has 1 saturated carbocycles. The van der Waals surface area contributed by atoms with Crippen molar-refractivity contribution in [2.75, 3.05) is 0 Å². The van der Waals surface area contributed by atoms with E-state index in [1.807, 2.05) is 0 Å². The van der Waals surface area contributed by atoms with Crippen molar-refractivity contribution in [1.29, 1.82) is 0 Å². The van der Waals surface area contributed by atoms with E-state index in [9.17, 15) is 0 Å².